The first kappa shape index (κ1) is 20.6. The van der Waals surface area contributed by atoms with E-state index in [1.54, 1.807) is 46.4 Å². The molecule has 0 spiro atoms. The fourth-order valence-electron chi connectivity index (χ4n) is 4.76. The monoisotopic (exact) mass is 436 g/mol. The van der Waals surface area contributed by atoms with Crippen molar-refractivity contribution in [3.05, 3.63) is 54.3 Å². The predicted molar refractivity (Wildman–Crippen MR) is 117 cm³/mol. The average molecular weight is 437 g/mol. The van der Waals surface area contributed by atoms with Crippen LogP contribution in [-0.2, 0) is 17.9 Å². The maximum atomic E-state index is 13.6. The Bertz CT molecular complexity index is 1080. The molecule has 32 heavy (non-hydrogen) atoms. The van der Waals surface area contributed by atoms with Gasteiger partial charge < -0.3 is 19.1 Å². The molecule has 2 aliphatic rings. The number of nitrogens with zero attached hydrogens (tertiary/aromatic N) is 3. The van der Waals surface area contributed by atoms with Crippen molar-refractivity contribution in [1.82, 2.24) is 20.0 Å². The molecule has 168 valence electrons. The van der Waals surface area contributed by atoms with E-state index in [4.69, 9.17) is 8.83 Å². The van der Waals surface area contributed by atoms with E-state index in [1.807, 2.05) is 13.0 Å². The number of hydrogen-bond acceptors (Lipinski definition) is 5. The molecule has 3 aromatic rings. The maximum absolute atomic E-state index is 13.6. The molecular formula is C24H28N4O4. The molecule has 0 aromatic carbocycles. The maximum Gasteiger partial charge on any atom is 0.273 e. The molecule has 8 heteroatoms. The standard InChI is InChI=1S/C24H28N4O4/c1-24(23(30)25-17-8-4-2-3-5-9-17)16-28-20(14-19(26-28)21-11-7-13-32-21)22(29)27(24)15-18-10-6-12-31-18/h6-7,10-14,17H,2-5,8-9,15-16H2,1H3,(H,25,30)/t24-/m1/s1. The molecule has 2 amide bonds. The molecule has 1 N–H and O–H groups in total. The topological polar surface area (TPSA) is 93.5 Å². The van der Waals surface area contributed by atoms with E-state index in [9.17, 15) is 9.59 Å². The molecule has 1 aliphatic heterocycles. The summed E-state index contributed by atoms with van der Waals surface area (Å²) in [6, 6.07) is 9.04. The van der Waals surface area contributed by atoms with Crippen LogP contribution in [0.5, 0.6) is 0 Å². The molecular weight excluding hydrogens is 408 g/mol. The first-order valence-electron chi connectivity index (χ1n) is 11.3. The normalized spacial score (nSPS) is 21.9. The van der Waals surface area contributed by atoms with Crippen molar-refractivity contribution in [2.45, 2.75) is 70.1 Å². The summed E-state index contributed by atoms with van der Waals surface area (Å²) in [6.07, 6.45) is 9.75. The van der Waals surface area contributed by atoms with Crippen LogP contribution in [0.2, 0.25) is 0 Å². The number of hydrogen-bond donors (Lipinski definition) is 1. The Morgan fingerprint density at radius 1 is 1.16 bits per heavy atom. The number of aromatic nitrogens is 2. The third kappa shape index (κ3) is 3.74. The Morgan fingerprint density at radius 3 is 2.59 bits per heavy atom. The molecule has 4 heterocycles. The van der Waals surface area contributed by atoms with E-state index in [1.165, 1.54) is 12.8 Å². The Balaban J connectivity index is 1.48. The van der Waals surface area contributed by atoms with Crippen LogP contribution >= 0.6 is 0 Å². The van der Waals surface area contributed by atoms with Gasteiger partial charge in [0.15, 0.2) is 5.76 Å². The van der Waals surface area contributed by atoms with Crippen LogP contribution in [0.3, 0.4) is 0 Å². The highest BCUT2D eigenvalue weighted by Gasteiger charge is 2.48. The van der Waals surface area contributed by atoms with Gasteiger partial charge in [0, 0.05) is 12.1 Å². The fraction of sp³-hybridized carbons (Fsp3) is 0.458. The number of fused-ring (bicyclic) bond motifs is 1. The average Bonchev–Trinajstić information content (AvgIpc) is 3.52. The van der Waals surface area contributed by atoms with Crippen molar-refractivity contribution in [3.63, 3.8) is 0 Å². The van der Waals surface area contributed by atoms with E-state index >= 15 is 0 Å². The van der Waals surface area contributed by atoms with Crippen molar-refractivity contribution in [2.24, 2.45) is 0 Å². The number of furan rings is 2. The number of nitrogens with one attached hydrogen (secondary N) is 1. The highest BCUT2D eigenvalue weighted by atomic mass is 16.3. The Kier molecular flexibility index (Phi) is 5.36. The molecule has 1 atom stereocenters. The first-order valence-corrected chi connectivity index (χ1v) is 11.3. The molecule has 1 fully saturated rings. The van der Waals surface area contributed by atoms with Crippen molar-refractivity contribution in [1.29, 1.82) is 0 Å². The number of carbonyl (C=O) groups excluding carboxylic acids is 2. The van der Waals surface area contributed by atoms with Gasteiger partial charge in [0.2, 0.25) is 5.91 Å². The van der Waals surface area contributed by atoms with Gasteiger partial charge in [-0.05, 0) is 44.0 Å². The van der Waals surface area contributed by atoms with E-state index in [0.29, 0.717) is 22.9 Å². The lowest BCUT2D eigenvalue weighted by molar-refractivity contribution is -0.134. The van der Waals surface area contributed by atoms with Crippen molar-refractivity contribution >= 4 is 11.8 Å². The fourth-order valence-corrected chi connectivity index (χ4v) is 4.76. The highest BCUT2D eigenvalue weighted by molar-refractivity contribution is 6.00. The van der Waals surface area contributed by atoms with Crippen LogP contribution in [0.15, 0.2) is 51.7 Å². The number of carbonyl (C=O) groups is 2. The summed E-state index contributed by atoms with van der Waals surface area (Å²) < 4.78 is 12.6. The molecule has 0 saturated heterocycles. The zero-order valence-electron chi connectivity index (χ0n) is 18.3. The minimum Gasteiger partial charge on any atom is -0.467 e. The van der Waals surface area contributed by atoms with Gasteiger partial charge in [0.25, 0.3) is 5.91 Å². The molecule has 3 aromatic heterocycles. The molecule has 0 unspecified atom stereocenters. The van der Waals surface area contributed by atoms with Crippen LogP contribution in [0.4, 0.5) is 0 Å². The molecule has 1 saturated carbocycles. The van der Waals surface area contributed by atoms with E-state index in [0.717, 1.165) is 25.7 Å². The summed E-state index contributed by atoms with van der Waals surface area (Å²) >= 11 is 0. The van der Waals surface area contributed by atoms with E-state index in [-0.39, 0.29) is 30.9 Å². The molecule has 0 bridgehead atoms. The highest BCUT2D eigenvalue weighted by Crippen LogP contribution is 2.32. The predicted octanol–water partition coefficient (Wildman–Crippen LogP) is 3.99. The lowest BCUT2D eigenvalue weighted by atomic mass is 9.93. The second kappa shape index (κ2) is 8.33. The van der Waals surface area contributed by atoms with Crippen molar-refractivity contribution in [2.75, 3.05) is 0 Å². The van der Waals surface area contributed by atoms with Gasteiger partial charge in [-0.25, -0.2) is 0 Å². The summed E-state index contributed by atoms with van der Waals surface area (Å²) in [7, 11) is 0. The number of amides is 2. The molecule has 5 rings (SSSR count). The molecule has 0 radical (unpaired) electrons. The summed E-state index contributed by atoms with van der Waals surface area (Å²) in [5.41, 5.74) is -0.0947. The van der Waals surface area contributed by atoms with Gasteiger partial charge in [0.05, 0.1) is 25.6 Å². The third-order valence-corrected chi connectivity index (χ3v) is 6.64. The SMILES string of the molecule is C[C@]1(C(=O)NC2CCCCCC2)Cn2nc(-c3ccco3)cc2C(=O)N1Cc1ccco1. The largest absolute Gasteiger partial charge is 0.467 e. The van der Waals surface area contributed by atoms with Crippen LogP contribution in [0.1, 0.15) is 61.7 Å². The van der Waals surface area contributed by atoms with Gasteiger partial charge >= 0.3 is 0 Å². The van der Waals surface area contributed by atoms with Gasteiger partial charge in [0.1, 0.15) is 22.7 Å². The van der Waals surface area contributed by atoms with E-state index < -0.39 is 5.54 Å². The van der Waals surface area contributed by atoms with E-state index in [2.05, 4.69) is 10.4 Å². The van der Waals surface area contributed by atoms with Gasteiger partial charge in [-0.15, -0.1) is 0 Å². The van der Waals surface area contributed by atoms with Crippen LogP contribution in [0, 0.1) is 0 Å². The van der Waals surface area contributed by atoms with Gasteiger partial charge in [-0.3, -0.25) is 14.3 Å². The van der Waals surface area contributed by atoms with Crippen molar-refractivity contribution < 1.29 is 18.4 Å². The lowest BCUT2D eigenvalue weighted by Crippen LogP contribution is -2.64. The zero-order chi connectivity index (χ0) is 22.1. The Hall–Kier alpha value is -3.29. The summed E-state index contributed by atoms with van der Waals surface area (Å²) in [6.45, 7) is 2.28. The van der Waals surface area contributed by atoms with Gasteiger partial charge in [-0.2, -0.15) is 5.10 Å². The Labute approximate surface area is 186 Å². The second-order valence-corrected chi connectivity index (χ2v) is 8.96. The summed E-state index contributed by atoms with van der Waals surface area (Å²) in [5.74, 6) is 0.814. The minimum atomic E-state index is -1.10. The number of rotatable bonds is 5. The first-order chi connectivity index (χ1) is 15.5. The van der Waals surface area contributed by atoms with Crippen molar-refractivity contribution in [3.8, 4) is 11.5 Å². The van der Waals surface area contributed by atoms with Crippen LogP contribution < -0.4 is 5.32 Å². The zero-order valence-corrected chi connectivity index (χ0v) is 18.3. The third-order valence-electron chi connectivity index (χ3n) is 6.64. The molecule has 8 nitrogen and oxygen atoms in total. The van der Waals surface area contributed by atoms with Gasteiger partial charge in [-0.1, -0.05) is 25.7 Å². The van der Waals surface area contributed by atoms with Crippen LogP contribution in [-0.4, -0.2) is 38.1 Å². The Morgan fingerprint density at radius 2 is 1.91 bits per heavy atom. The van der Waals surface area contributed by atoms with Crippen LogP contribution in [0.25, 0.3) is 11.5 Å². The minimum absolute atomic E-state index is 0.139. The summed E-state index contributed by atoms with van der Waals surface area (Å²) in [5, 5.41) is 7.83. The lowest BCUT2D eigenvalue weighted by Gasteiger charge is -2.43. The molecule has 1 aliphatic carbocycles. The second-order valence-electron chi connectivity index (χ2n) is 8.96. The quantitative estimate of drug-likeness (QED) is 0.611. The summed E-state index contributed by atoms with van der Waals surface area (Å²) in [4.78, 5) is 28.9. The smallest absolute Gasteiger partial charge is 0.273 e.